The summed E-state index contributed by atoms with van der Waals surface area (Å²) in [6, 6.07) is 7.65. The van der Waals surface area contributed by atoms with Gasteiger partial charge in [-0.3, -0.25) is 4.57 Å². The van der Waals surface area contributed by atoms with Gasteiger partial charge >= 0.3 is 0 Å². The third-order valence-corrected chi connectivity index (χ3v) is 3.63. The summed E-state index contributed by atoms with van der Waals surface area (Å²) in [7, 11) is 1.65. The molecule has 0 bridgehead atoms. The predicted octanol–water partition coefficient (Wildman–Crippen LogP) is 4.05. The Kier molecular flexibility index (Phi) is 3.23. The molecule has 0 saturated carbocycles. The summed E-state index contributed by atoms with van der Waals surface area (Å²) in [5.41, 5.74) is 3.60. The quantitative estimate of drug-likeness (QED) is 0.726. The molecule has 20 heavy (non-hydrogen) atoms. The summed E-state index contributed by atoms with van der Waals surface area (Å²) in [6.45, 7) is 2.01. The van der Waals surface area contributed by atoms with Crippen LogP contribution >= 0.6 is 23.8 Å². The topological polar surface area (TPSA) is 42.8 Å². The van der Waals surface area contributed by atoms with Gasteiger partial charge in [0.05, 0.1) is 23.3 Å². The van der Waals surface area contributed by atoms with Gasteiger partial charge in [-0.25, -0.2) is 4.98 Å². The summed E-state index contributed by atoms with van der Waals surface area (Å²) in [4.78, 5) is 7.49. The molecule has 0 amide bonds. The van der Waals surface area contributed by atoms with Crippen molar-refractivity contribution in [3.05, 3.63) is 45.8 Å². The fourth-order valence-corrected chi connectivity index (χ4v) is 2.65. The minimum atomic E-state index is 0.576. The predicted molar refractivity (Wildman–Crippen MR) is 82.6 cm³/mol. The highest BCUT2D eigenvalue weighted by atomic mass is 35.5. The molecule has 3 aromatic rings. The molecule has 0 aliphatic rings. The van der Waals surface area contributed by atoms with Gasteiger partial charge in [-0.1, -0.05) is 11.6 Å². The number of ether oxygens (including phenoxy) is 1. The number of halogens is 1. The highest BCUT2D eigenvalue weighted by molar-refractivity contribution is 7.71. The Morgan fingerprint density at radius 3 is 2.85 bits per heavy atom. The van der Waals surface area contributed by atoms with Crippen molar-refractivity contribution in [2.45, 2.75) is 6.92 Å². The Bertz CT molecular complexity index is 853. The van der Waals surface area contributed by atoms with Gasteiger partial charge in [-0.15, -0.1) is 0 Å². The van der Waals surface area contributed by atoms with E-state index in [4.69, 9.17) is 28.6 Å². The number of aromatic amines is 1. The van der Waals surface area contributed by atoms with Crippen molar-refractivity contribution in [2.24, 2.45) is 0 Å². The molecule has 0 fully saturated rings. The van der Waals surface area contributed by atoms with Gasteiger partial charge < -0.3 is 9.72 Å². The fraction of sp³-hybridized carbons (Fsp3) is 0.143. The normalized spacial score (nSPS) is 10.9. The van der Waals surface area contributed by atoms with Crippen LogP contribution in [0.25, 0.3) is 16.9 Å². The van der Waals surface area contributed by atoms with Crippen molar-refractivity contribution in [1.82, 2.24) is 14.5 Å². The molecule has 4 nitrogen and oxygen atoms in total. The molecular formula is C14H12ClN3OS. The largest absolute Gasteiger partial charge is 0.497 e. The summed E-state index contributed by atoms with van der Waals surface area (Å²) in [6.07, 6.45) is 1.61. The van der Waals surface area contributed by atoms with Crippen LogP contribution in [-0.2, 0) is 0 Å². The standard InChI is InChI=1S/C14H12ClN3OS/c1-8-5-10(19-2)3-4-12(8)18-13-11(17-14(18)20)6-9(15)7-16-13/h3-7H,1-2H3,(H,17,20). The van der Waals surface area contributed by atoms with Gasteiger partial charge in [-0.05, 0) is 49.0 Å². The third kappa shape index (κ3) is 2.09. The monoisotopic (exact) mass is 305 g/mol. The van der Waals surface area contributed by atoms with E-state index in [9.17, 15) is 0 Å². The van der Waals surface area contributed by atoms with Crippen LogP contribution in [0.3, 0.4) is 0 Å². The van der Waals surface area contributed by atoms with Crippen molar-refractivity contribution < 1.29 is 4.74 Å². The van der Waals surface area contributed by atoms with E-state index in [1.165, 1.54) is 0 Å². The second-order valence-corrected chi connectivity index (χ2v) is 5.27. The van der Waals surface area contributed by atoms with Crippen LogP contribution in [0.5, 0.6) is 5.75 Å². The lowest BCUT2D eigenvalue weighted by atomic mass is 10.2. The highest BCUT2D eigenvalue weighted by Gasteiger charge is 2.11. The molecule has 0 saturated heterocycles. The Morgan fingerprint density at radius 2 is 2.15 bits per heavy atom. The molecule has 2 aromatic heterocycles. The number of nitrogens with zero attached hydrogens (tertiary/aromatic N) is 2. The first-order chi connectivity index (χ1) is 9.60. The number of hydrogen-bond acceptors (Lipinski definition) is 3. The molecule has 6 heteroatoms. The van der Waals surface area contributed by atoms with Crippen LogP contribution in [-0.4, -0.2) is 21.6 Å². The average Bonchev–Trinajstić information content (AvgIpc) is 2.73. The Morgan fingerprint density at radius 1 is 1.35 bits per heavy atom. The zero-order valence-electron chi connectivity index (χ0n) is 11.0. The molecule has 0 spiro atoms. The molecule has 3 rings (SSSR count). The van der Waals surface area contributed by atoms with E-state index in [1.54, 1.807) is 13.3 Å². The van der Waals surface area contributed by atoms with E-state index in [1.807, 2.05) is 35.8 Å². The lowest BCUT2D eigenvalue weighted by molar-refractivity contribution is 0.414. The SMILES string of the molecule is COc1ccc(-n2c(=S)[nH]c3cc(Cl)cnc32)c(C)c1. The number of imidazole rings is 1. The molecule has 1 aromatic carbocycles. The molecule has 0 aliphatic carbocycles. The van der Waals surface area contributed by atoms with Crippen LogP contribution in [0.4, 0.5) is 0 Å². The summed E-state index contributed by atoms with van der Waals surface area (Å²) >= 11 is 11.3. The van der Waals surface area contributed by atoms with Crippen molar-refractivity contribution >= 4 is 35.0 Å². The third-order valence-electron chi connectivity index (χ3n) is 3.13. The number of aromatic nitrogens is 3. The first-order valence-electron chi connectivity index (χ1n) is 6.01. The number of H-pyrrole nitrogens is 1. The highest BCUT2D eigenvalue weighted by Crippen LogP contribution is 2.25. The van der Waals surface area contributed by atoms with Gasteiger partial charge in [-0.2, -0.15) is 0 Å². The van der Waals surface area contributed by atoms with Gasteiger partial charge in [0.2, 0.25) is 0 Å². The molecule has 0 aliphatic heterocycles. The lowest BCUT2D eigenvalue weighted by Crippen LogP contribution is -1.98. The van der Waals surface area contributed by atoms with E-state index < -0.39 is 0 Å². The number of hydrogen-bond donors (Lipinski definition) is 1. The van der Waals surface area contributed by atoms with Gasteiger partial charge in [0, 0.05) is 6.20 Å². The summed E-state index contributed by atoms with van der Waals surface area (Å²) < 4.78 is 7.71. The van der Waals surface area contributed by atoms with Gasteiger partial charge in [0.15, 0.2) is 10.4 Å². The fourth-order valence-electron chi connectivity index (χ4n) is 2.20. The molecule has 0 atom stereocenters. The number of rotatable bonds is 2. The number of fused-ring (bicyclic) bond motifs is 1. The minimum absolute atomic E-state index is 0.576. The van der Waals surface area contributed by atoms with E-state index in [2.05, 4.69) is 9.97 Å². The number of aryl methyl sites for hydroxylation is 1. The smallest absolute Gasteiger partial charge is 0.184 e. The Hall–Kier alpha value is -1.85. The summed E-state index contributed by atoms with van der Waals surface area (Å²) in [5.74, 6) is 0.814. The lowest BCUT2D eigenvalue weighted by Gasteiger charge is -2.09. The summed E-state index contributed by atoms with van der Waals surface area (Å²) in [5, 5.41) is 0.576. The van der Waals surface area contributed by atoms with Crippen molar-refractivity contribution in [3.8, 4) is 11.4 Å². The molecule has 0 unspecified atom stereocenters. The second-order valence-electron chi connectivity index (χ2n) is 4.44. The van der Waals surface area contributed by atoms with Crippen LogP contribution in [0, 0.1) is 11.7 Å². The molecule has 2 heterocycles. The Balaban J connectivity index is 2.29. The van der Waals surface area contributed by atoms with Gasteiger partial charge in [0.25, 0.3) is 0 Å². The second kappa shape index (κ2) is 4.92. The van der Waals surface area contributed by atoms with E-state index in [0.29, 0.717) is 9.79 Å². The minimum Gasteiger partial charge on any atom is -0.497 e. The Labute approximate surface area is 126 Å². The number of methoxy groups -OCH3 is 1. The van der Waals surface area contributed by atoms with Crippen LogP contribution < -0.4 is 4.74 Å². The van der Waals surface area contributed by atoms with E-state index >= 15 is 0 Å². The molecule has 102 valence electrons. The van der Waals surface area contributed by atoms with Crippen molar-refractivity contribution in [3.63, 3.8) is 0 Å². The molecular weight excluding hydrogens is 294 g/mol. The number of nitrogens with one attached hydrogen (secondary N) is 1. The maximum atomic E-state index is 5.95. The first-order valence-corrected chi connectivity index (χ1v) is 6.80. The first kappa shape index (κ1) is 13.1. The zero-order chi connectivity index (χ0) is 14.3. The zero-order valence-corrected chi connectivity index (χ0v) is 12.5. The van der Waals surface area contributed by atoms with Crippen LogP contribution in [0.2, 0.25) is 5.02 Å². The van der Waals surface area contributed by atoms with Crippen LogP contribution in [0.15, 0.2) is 30.5 Å². The van der Waals surface area contributed by atoms with Crippen molar-refractivity contribution in [1.29, 1.82) is 0 Å². The van der Waals surface area contributed by atoms with Crippen LogP contribution in [0.1, 0.15) is 5.56 Å². The molecule has 0 radical (unpaired) electrons. The van der Waals surface area contributed by atoms with Crippen molar-refractivity contribution in [2.75, 3.05) is 7.11 Å². The van der Waals surface area contributed by atoms with E-state index in [0.717, 1.165) is 28.2 Å². The number of benzene rings is 1. The average molecular weight is 306 g/mol. The van der Waals surface area contributed by atoms with Gasteiger partial charge in [0.1, 0.15) is 5.75 Å². The van der Waals surface area contributed by atoms with E-state index in [-0.39, 0.29) is 0 Å². The maximum absolute atomic E-state index is 5.95. The molecule has 1 N–H and O–H groups in total. The number of pyridine rings is 1. The maximum Gasteiger partial charge on any atom is 0.184 e.